The van der Waals surface area contributed by atoms with Gasteiger partial charge in [0.15, 0.2) is 11.5 Å². The van der Waals surface area contributed by atoms with Crippen molar-refractivity contribution in [2.24, 2.45) is 0 Å². The molecule has 12 nitrogen and oxygen atoms in total. The highest BCUT2D eigenvalue weighted by molar-refractivity contribution is 7.16. The van der Waals surface area contributed by atoms with Gasteiger partial charge in [0.1, 0.15) is 11.6 Å². The molecule has 0 saturated carbocycles. The molecule has 0 aliphatic carbocycles. The molecular weight excluding hydrogens is 622 g/mol. The molecule has 13 heteroatoms. The average molecular weight is 654 g/mol. The van der Waals surface area contributed by atoms with Gasteiger partial charge >= 0.3 is 5.97 Å². The molecule has 0 aliphatic heterocycles. The number of nitrogens with zero attached hydrogens (tertiary/aromatic N) is 3. The van der Waals surface area contributed by atoms with E-state index in [1.165, 1.54) is 38.9 Å². The fourth-order valence-electron chi connectivity index (χ4n) is 4.90. The number of rotatable bonds is 12. The minimum Gasteiger partial charge on any atom is -0.493 e. The summed E-state index contributed by atoms with van der Waals surface area (Å²) in [6.45, 7) is 1.71. The van der Waals surface area contributed by atoms with E-state index in [4.69, 9.17) is 14.2 Å². The van der Waals surface area contributed by atoms with Gasteiger partial charge in [-0.05, 0) is 48.4 Å². The Balaban J connectivity index is 1.28. The number of aromatic nitrogens is 3. The SMILES string of the molecule is COc1ccc(-c2cncc(C(=O)Nc3ccc(CC(=O)Nc4nc(C)ncc4-c4cccc(CC(=O)O)c4)s3)c2)c(OC)c1OC. The van der Waals surface area contributed by atoms with Crippen molar-refractivity contribution in [3.8, 4) is 39.5 Å². The lowest BCUT2D eigenvalue weighted by atomic mass is 10.0. The maximum atomic E-state index is 13.2. The van der Waals surface area contributed by atoms with Crippen LogP contribution in [0, 0.1) is 6.92 Å². The Morgan fingerprint density at radius 1 is 0.830 bits per heavy atom. The van der Waals surface area contributed by atoms with Crippen LogP contribution in [-0.2, 0) is 22.4 Å². The fraction of sp³-hybridized carbons (Fsp3) is 0.176. The molecule has 3 aromatic heterocycles. The largest absolute Gasteiger partial charge is 0.493 e. The van der Waals surface area contributed by atoms with Gasteiger partial charge in [-0.1, -0.05) is 24.3 Å². The number of pyridine rings is 1. The molecule has 240 valence electrons. The van der Waals surface area contributed by atoms with Gasteiger partial charge in [0.05, 0.1) is 44.7 Å². The Bertz CT molecular complexity index is 1960. The number of methoxy groups -OCH3 is 3. The normalized spacial score (nSPS) is 10.6. The maximum Gasteiger partial charge on any atom is 0.307 e. The highest BCUT2D eigenvalue weighted by Crippen LogP contribution is 2.44. The second kappa shape index (κ2) is 14.5. The van der Waals surface area contributed by atoms with E-state index in [0.29, 0.717) is 67.3 Å². The summed E-state index contributed by atoms with van der Waals surface area (Å²) in [6.07, 6.45) is 4.60. The number of amides is 2. The monoisotopic (exact) mass is 653 g/mol. The summed E-state index contributed by atoms with van der Waals surface area (Å²) in [7, 11) is 4.58. The Labute approximate surface area is 274 Å². The minimum atomic E-state index is -0.942. The highest BCUT2D eigenvalue weighted by Gasteiger charge is 2.19. The molecule has 47 heavy (non-hydrogen) atoms. The van der Waals surface area contributed by atoms with Crippen LogP contribution in [0.15, 0.2) is 73.2 Å². The van der Waals surface area contributed by atoms with Crippen molar-refractivity contribution >= 4 is 39.9 Å². The standard InChI is InChI=1S/C34H31N5O7S/c1-19-36-18-26(21-7-5-6-20(12-21)13-30(41)42)33(37-19)38-28(40)15-24-8-11-29(47-24)39-34(43)23-14-22(16-35-17-23)25-9-10-27(44-2)32(46-4)31(25)45-3/h5-12,14,16-18H,13,15H2,1-4H3,(H,39,43)(H,41,42)(H,36,37,38,40). The van der Waals surface area contributed by atoms with E-state index in [0.717, 1.165) is 4.88 Å². The van der Waals surface area contributed by atoms with E-state index in [2.05, 4.69) is 25.6 Å². The van der Waals surface area contributed by atoms with Gasteiger partial charge in [-0.25, -0.2) is 9.97 Å². The fourth-order valence-corrected chi connectivity index (χ4v) is 5.80. The molecule has 5 rings (SSSR count). The molecule has 0 atom stereocenters. The van der Waals surface area contributed by atoms with Crippen LogP contribution < -0.4 is 24.8 Å². The number of ether oxygens (including phenoxy) is 3. The summed E-state index contributed by atoms with van der Waals surface area (Å²) in [6, 6.07) is 15.8. The van der Waals surface area contributed by atoms with E-state index in [9.17, 15) is 19.5 Å². The van der Waals surface area contributed by atoms with E-state index < -0.39 is 5.97 Å². The quantitative estimate of drug-likeness (QED) is 0.153. The van der Waals surface area contributed by atoms with E-state index >= 15 is 0 Å². The van der Waals surface area contributed by atoms with Gasteiger partial charge in [-0.3, -0.25) is 19.4 Å². The van der Waals surface area contributed by atoms with Gasteiger partial charge in [0, 0.05) is 40.2 Å². The van der Waals surface area contributed by atoms with Crippen LogP contribution in [0.5, 0.6) is 17.2 Å². The number of carboxylic acid groups (broad SMARTS) is 1. The molecule has 2 aromatic carbocycles. The van der Waals surface area contributed by atoms with Crippen LogP contribution in [0.25, 0.3) is 22.3 Å². The zero-order chi connectivity index (χ0) is 33.5. The summed E-state index contributed by atoms with van der Waals surface area (Å²) >= 11 is 1.27. The van der Waals surface area contributed by atoms with Crippen LogP contribution >= 0.6 is 11.3 Å². The summed E-state index contributed by atoms with van der Waals surface area (Å²) < 4.78 is 16.4. The molecule has 0 unspecified atom stereocenters. The van der Waals surface area contributed by atoms with Crippen molar-refractivity contribution in [2.45, 2.75) is 19.8 Å². The van der Waals surface area contributed by atoms with Crippen LogP contribution in [0.4, 0.5) is 10.8 Å². The number of benzene rings is 2. The summed E-state index contributed by atoms with van der Waals surface area (Å²) in [5.41, 5.74) is 3.51. The lowest BCUT2D eigenvalue weighted by Crippen LogP contribution is -2.16. The number of nitrogens with one attached hydrogen (secondary N) is 2. The molecule has 0 aliphatic rings. The molecule has 3 N–H and O–H groups in total. The number of hydrogen-bond acceptors (Lipinski definition) is 10. The van der Waals surface area contributed by atoms with Crippen LogP contribution in [0.2, 0.25) is 0 Å². The van der Waals surface area contributed by atoms with Crippen molar-refractivity contribution in [3.63, 3.8) is 0 Å². The van der Waals surface area contributed by atoms with Gasteiger partial charge in [-0.15, -0.1) is 11.3 Å². The first-order valence-electron chi connectivity index (χ1n) is 14.3. The Morgan fingerprint density at radius 3 is 2.38 bits per heavy atom. The topological polar surface area (TPSA) is 162 Å². The lowest BCUT2D eigenvalue weighted by Gasteiger charge is -2.16. The van der Waals surface area contributed by atoms with Crippen molar-refractivity contribution in [1.82, 2.24) is 15.0 Å². The number of carbonyl (C=O) groups is 3. The molecular formula is C34H31N5O7S. The summed E-state index contributed by atoms with van der Waals surface area (Å²) in [5, 5.41) is 15.5. The third-order valence-corrected chi connectivity index (χ3v) is 8.01. The molecule has 0 radical (unpaired) electrons. The van der Waals surface area contributed by atoms with Crippen molar-refractivity contribution in [2.75, 3.05) is 32.0 Å². The van der Waals surface area contributed by atoms with Gasteiger partial charge in [0.25, 0.3) is 5.91 Å². The van der Waals surface area contributed by atoms with Gasteiger partial charge in [0.2, 0.25) is 11.7 Å². The highest BCUT2D eigenvalue weighted by atomic mass is 32.1. The molecule has 0 fully saturated rings. The number of aryl methyl sites for hydroxylation is 1. The van der Waals surface area contributed by atoms with Crippen LogP contribution in [-0.4, -0.2) is 59.2 Å². The maximum absolute atomic E-state index is 13.2. The van der Waals surface area contributed by atoms with Crippen molar-refractivity contribution in [1.29, 1.82) is 0 Å². The molecule has 0 bridgehead atoms. The third-order valence-electron chi connectivity index (χ3n) is 7.01. The second-order valence-corrected chi connectivity index (χ2v) is 11.4. The van der Waals surface area contributed by atoms with Crippen molar-refractivity contribution < 1.29 is 33.7 Å². The molecule has 3 heterocycles. The number of hydrogen-bond donors (Lipinski definition) is 3. The van der Waals surface area contributed by atoms with Crippen LogP contribution in [0.1, 0.15) is 26.6 Å². The summed E-state index contributed by atoms with van der Waals surface area (Å²) in [5.74, 6) is 0.537. The van der Waals surface area contributed by atoms with Gasteiger partial charge in [-0.2, -0.15) is 0 Å². The first kappa shape index (κ1) is 32.6. The van der Waals surface area contributed by atoms with Crippen LogP contribution in [0.3, 0.4) is 0 Å². The first-order chi connectivity index (χ1) is 22.7. The van der Waals surface area contributed by atoms with E-state index in [-0.39, 0.29) is 24.7 Å². The predicted molar refractivity (Wildman–Crippen MR) is 177 cm³/mol. The average Bonchev–Trinajstić information content (AvgIpc) is 3.49. The van der Waals surface area contributed by atoms with Crippen molar-refractivity contribution in [3.05, 3.63) is 95.0 Å². The number of thiophene rings is 1. The minimum absolute atomic E-state index is 0.0399. The van der Waals surface area contributed by atoms with E-state index in [1.807, 2.05) is 0 Å². The second-order valence-electron chi connectivity index (χ2n) is 10.2. The summed E-state index contributed by atoms with van der Waals surface area (Å²) in [4.78, 5) is 51.1. The predicted octanol–water partition coefficient (Wildman–Crippen LogP) is 5.66. The lowest BCUT2D eigenvalue weighted by molar-refractivity contribution is -0.136. The third kappa shape index (κ3) is 7.71. The smallest absolute Gasteiger partial charge is 0.307 e. The Morgan fingerprint density at radius 2 is 1.64 bits per heavy atom. The Kier molecular flexibility index (Phi) is 10.1. The number of aliphatic carboxylic acids is 1. The van der Waals surface area contributed by atoms with E-state index in [1.54, 1.807) is 73.9 Å². The number of anilines is 2. The molecule has 2 amide bonds. The van der Waals surface area contributed by atoms with Gasteiger partial charge < -0.3 is 30.0 Å². The zero-order valence-corrected chi connectivity index (χ0v) is 26.8. The molecule has 5 aromatic rings. The zero-order valence-electron chi connectivity index (χ0n) is 26.0. The number of carboxylic acids is 1. The number of carbonyl (C=O) groups excluding carboxylic acids is 2. The molecule has 0 spiro atoms. The first-order valence-corrected chi connectivity index (χ1v) is 15.1. The molecule has 0 saturated heterocycles. The Hall–Kier alpha value is -5.82.